The van der Waals surface area contributed by atoms with Gasteiger partial charge in [0.05, 0.1) is 25.4 Å². The molecule has 528 valence electrons. The van der Waals surface area contributed by atoms with E-state index in [9.17, 15) is 19.8 Å². The summed E-state index contributed by atoms with van der Waals surface area (Å²) in [5.74, 6) is -0.0576. The maximum atomic E-state index is 12.6. The van der Waals surface area contributed by atoms with Crippen LogP contribution in [0.1, 0.15) is 438 Å². The van der Waals surface area contributed by atoms with Crippen molar-refractivity contribution in [3.05, 3.63) is 60.8 Å². The number of hydrogen-bond acceptors (Lipinski definition) is 5. The second-order valence-corrected chi connectivity index (χ2v) is 27.7. The number of carbonyl (C=O) groups is 2. The number of allylic oxidation sites excluding steroid dienone is 9. The normalized spacial score (nSPS) is 12.8. The Kier molecular flexibility index (Phi) is 76.9. The third-order valence-corrected chi connectivity index (χ3v) is 18.8. The molecule has 0 aliphatic carbocycles. The number of ether oxygens (including phenoxy) is 1. The zero-order chi connectivity index (χ0) is 64.9. The van der Waals surface area contributed by atoms with E-state index >= 15 is 0 Å². The molecule has 0 rings (SSSR count). The monoisotopic (exact) mass is 1260 g/mol. The van der Waals surface area contributed by atoms with Gasteiger partial charge in [-0.05, 0) is 96.3 Å². The molecule has 90 heavy (non-hydrogen) atoms. The van der Waals surface area contributed by atoms with Gasteiger partial charge in [-0.15, -0.1) is 0 Å². The molecule has 1 amide bonds. The van der Waals surface area contributed by atoms with E-state index in [2.05, 4.69) is 67.8 Å². The first-order chi connectivity index (χ1) is 44.5. The molecule has 2 atom stereocenters. The van der Waals surface area contributed by atoms with Crippen LogP contribution < -0.4 is 5.32 Å². The first-order valence-corrected chi connectivity index (χ1v) is 40.6. The highest BCUT2D eigenvalue weighted by Gasteiger charge is 2.18. The summed E-state index contributed by atoms with van der Waals surface area (Å²) in [5, 5.41) is 23.3. The number of aliphatic hydroxyl groups is 2. The molecule has 0 heterocycles. The number of amides is 1. The summed E-state index contributed by atoms with van der Waals surface area (Å²) >= 11 is 0. The SMILES string of the molecule is CCCCC/C=C\C/C=C\CCCCCCCCCC(=O)OCCCCCCCCCCC/C=C\C/C=C\CCCCCCCCCCCCCCCCCC(=O)NC(CO)C(O)/C=C/CCCCCCCCCCCCCCCCCCCCCCCCC. The third-order valence-electron chi connectivity index (χ3n) is 18.8. The number of hydrogen-bond donors (Lipinski definition) is 3. The molecule has 0 radical (unpaired) electrons. The van der Waals surface area contributed by atoms with E-state index in [1.165, 1.54) is 353 Å². The summed E-state index contributed by atoms with van der Waals surface area (Å²) in [4.78, 5) is 24.7. The van der Waals surface area contributed by atoms with Gasteiger partial charge in [0.15, 0.2) is 0 Å². The van der Waals surface area contributed by atoms with Crippen molar-refractivity contribution in [2.75, 3.05) is 13.2 Å². The van der Waals surface area contributed by atoms with Crippen molar-refractivity contribution < 1.29 is 24.5 Å². The smallest absolute Gasteiger partial charge is 0.305 e. The highest BCUT2D eigenvalue weighted by Crippen LogP contribution is 2.19. The van der Waals surface area contributed by atoms with Gasteiger partial charge in [-0.1, -0.05) is 389 Å². The van der Waals surface area contributed by atoms with E-state index in [1.54, 1.807) is 6.08 Å². The summed E-state index contributed by atoms with van der Waals surface area (Å²) in [6.45, 7) is 4.91. The lowest BCUT2D eigenvalue weighted by atomic mass is 10.0. The Bertz CT molecular complexity index is 1550. The lowest BCUT2D eigenvalue weighted by molar-refractivity contribution is -0.143. The van der Waals surface area contributed by atoms with Gasteiger partial charge in [0.2, 0.25) is 5.91 Å². The largest absolute Gasteiger partial charge is 0.466 e. The Morgan fingerprint density at radius 1 is 0.311 bits per heavy atom. The minimum Gasteiger partial charge on any atom is -0.466 e. The number of unbranched alkanes of at least 4 members (excludes halogenated alkanes) is 57. The maximum Gasteiger partial charge on any atom is 0.305 e. The van der Waals surface area contributed by atoms with Gasteiger partial charge in [0, 0.05) is 12.8 Å². The molecule has 6 nitrogen and oxygen atoms in total. The van der Waals surface area contributed by atoms with Gasteiger partial charge in [0.1, 0.15) is 0 Å². The quantitative estimate of drug-likeness (QED) is 0.0320. The molecule has 0 aromatic heterocycles. The second kappa shape index (κ2) is 79.0. The molecule has 6 heteroatoms. The first-order valence-electron chi connectivity index (χ1n) is 40.6. The second-order valence-electron chi connectivity index (χ2n) is 27.7. The molecule has 0 saturated heterocycles. The Labute approximate surface area is 562 Å². The van der Waals surface area contributed by atoms with Gasteiger partial charge in [-0.25, -0.2) is 0 Å². The van der Waals surface area contributed by atoms with Crippen LogP contribution in [-0.2, 0) is 14.3 Å². The fourth-order valence-electron chi connectivity index (χ4n) is 12.6. The van der Waals surface area contributed by atoms with Gasteiger partial charge in [-0.2, -0.15) is 0 Å². The topological polar surface area (TPSA) is 95.9 Å². The number of esters is 1. The fourth-order valence-corrected chi connectivity index (χ4v) is 12.6. The van der Waals surface area contributed by atoms with Gasteiger partial charge >= 0.3 is 5.97 Å². The highest BCUT2D eigenvalue weighted by atomic mass is 16.5. The zero-order valence-corrected chi connectivity index (χ0v) is 60.6. The molecular weight excluding hydrogens is 1100 g/mol. The van der Waals surface area contributed by atoms with Crippen LogP contribution in [0.15, 0.2) is 60.8 Å². The average molecular weight is 1260 g/mol. The number of nitrogens with one attached hydrogen (secondary N) is 1. The lowest BCUT2D eigenvalue weighted by Crippen LogP contribution is -2.45. The van der Waals surface area contributed by atoms with E-state index in [0.29, 0.717) is 19.4 Å². The Morgan fingerprint density at radius 2 is 0.556 bits per heavy atom. The number of rotatable bonds is 76. The van der Waals surface area contributed by atoms with Crippen LogP contribution in [-0.4, -0.2) is 47.4 Å². The average Bonchev–Trinajstić information content (AvgIpc) is 3.69. The molecule has 0 spiro atoms. The first kappa shape index (κ1) is 87.6. The number of carbonyl (C=O) groups excluding carboxylic acids is 2. The van der Waals surface area contributed by atoms with Gasteiger partial charge in [-0.3, -0.25) is 9.59 Å². The summed E-state index contributed by atoms with van der Waals surface area (Å²) in [6.07, 6.45) is 106. The summed E-state index contributed by atoms with van der Waals surface area (Å²) in [7, 11) is 0. The fraction of sp³-hybridized carbons (Fsp3) is 0.857. The van der Waals surface area contributed by atoms with Crippen LogP contribution in [0.3, 0.4) is 0 Å². The molecule has 0 saturated carbocycles. The van der Waals surface area contributed by atoms with Crippen LogP contribution in [0.4, 0.5) is 0 Å². The minimum atomic E-state index is -0.847. The van der Waals surface area contributed by atoms with Crippen LogP contribution >= 0.6 is 0 Å². The van der Waals surface area contributed by atoms with Crippen molar-refractivity contribution in [1.82, 2.24) is 5.32 Å². The third kappa shape index (κ3) is 74.6. The van der Waals surface area contributed by atoms with E-state index in [0.717, 1.165) is 57.8 Å². The standard InChI is InChI=1S/C84H157NO5/c1-3-5-7-9-11-13-15-17-19-21-22-23-24-32-35-38-41-45-48-52-56-60-64-68-72-76-82(87)81(80-86)85-83(88)77-73-69-65-61-57-53-49-46-42-39-36-33-30-28-26-25-27-29-31-34-37-40-43-47-51-55-59-63-67-71-75-79-90-84(89)78-74-70-66-62-58-54-50-44-20-18-16-14-12-10-8-6-4-2/h12,14,18,20,27,29,34,37,72,76,81-82,86-87H,3-11,13,15-17,19,21-26,28,30-33,35-36,38-71,73-75,77-80H2,1-2H3,(H,85,88)/b14-12-,20-18-,29-27-,37-34-,76-72+. The molecular formula is C84H157NO5. The van der Waals surface area contributed by atoms with Crippen molar-refractivity contribution in [3.8, 4) is 0 Å². The zero-order valence-electron chi connectivity index (χ0n) is 60.6. The summed E-state index contributed by atoms with van der Waals surface area (Å²) in [5.41, 5.74) is 0. The Morgan fingerprint density at radius 3 is 0.867 bits per heavy atom. The predicted molar refractivity (Wildman–Crippen MR) is 398 cm³/mol. The van der Waals surface area contributed by atoms with Crippen molar-refractivity contribution >= 4 is 11.9 Å². The van der Waals surface area contributed by atoms with E-state index in [1.807, 2.05) is 6.08 Å². The maximum absolute atomic E-state index is 12.6. The molecule has 0 aliphatic rings. The molecule has 0 fully saturated rings. The van der Waals surface area contributed by atoms with Crippen molar-refractivity contribution in [2.24, 2.45) is 0 Å². The minimum absolute atomic E-state index is 0.00544. The lowest BCUT2D eigenvalue weighted by Gasteiger charge is -2.20. The van der Waals surface area contributed by atoms with Crippen LogP contribution in [0.5, 0.6) is 0 Å². The van der Waals surface area contributed by atoms with E-state index in [-0.39, 0.29) is 18.5 Å². The van der Waals surface area contributed by atoms with Crippen LogP contribution in [0.25, 0.3) is 0 Å². The van der Waals surface area contributed by atoms with Crippen LogP contribution in [0.2, 0.25) is 0 Å². The molecule has 2 unspecified atom stereocenters. The van der Waals surface area contributed by atoms with Crippen molar-refractivity contribution in [2.45, 2.75) is 450 Å². The Balaban J connectivity index is 3.42. The van der Waals surface area contributed by atoms with Crippen LogP contribution in [0, 0.1) is 0 Å². The molecule has 0 aromatic rings. The molecule has 0 aliphatic heterocycles. The van der Waals surface area contributed by atoms with Crippen molar-refractivity contribution in [3.63, 3.8) is 0 Å². The number of aliphatic hydroxyl groups excluding tert-OH is 2. The molecule has 0 aromatic carbocycles. The summed E-state index contributed by atoms with van der Waals surface area (Å²) < 4.78 is 5.50. The Hall–Kier alpha value is -2.44. The molecule has 3 N–H and O–H groups in total. The van der Waals surface area contributed by atoms with Gasteiger partial charge in [0.25, 0.3) is 0 Å². The predicted octanol–water partition coefficient (Wildman–Crippen LogP) is 26.9. The van der Waals surface area contributed by atoms with Crippen molar-refractivity contribution in [1.29, 1.82) is 0 Å². The summed E-state index contributed by atoms with van der Waals surface area (Å²) in [6, 6.07) is -0.630. The molecule has 0 bridgehead atoms. The van der Waals surface area contributed by atoms with Gasteiger partial charge < -0.3 is 20.3 Å². The highest BCUT2D eigenvalue weighted by molar-refractivity contribution is 5.76. The van der Waals surface area contributed by atoms with E-state index in [4.69, 9.17) is 4.74 Å². The van der Waals surface area contributed by atoms with E-state index < -0.39 is 12.1 Å².